The molecule has 3 aromatic rings. The Kier molecular flexibility index (Phi) is 7.15. The molecule has 1 aromatic heterocycles. The summed E-state index contributed by atoms with van der Waals surface area (Å²) in [5.74, 6) is -0.0155. The zero-order chi connectivity index (χ0) is 25.0. The number of carbonyl (C=O) groups is 2. The lowest BCUT2D eigenvalue weighted by atomic mass is 10.1. The average molecular weight is 487 g/mol. The topological polar surface area (TPSA) is 91.6 Å². The molecule has 2 aromatic carbocycles. The predicted molar refractivity (Wildman–Crippen MR) is 121 cm³/mol. The first-order valence-electron chi connectivity index (χ1n) is 11.0. The Morgan fingerprint density at radius 2 is 1.74 bits per heavy atom. The highest BCUT2D eigenvalue weighted by Crippen LogP contribution is 2.32. The first kappa shape index (κ1) is 24.4. The molecule has 8 nitrogen and oxygen atoms in total. The van der Waals surface area contributed by atoms with Crippen molar-refractivity contribution in [3.8, 4) is 22.8 Å². The molecule has 1 saturated heterocycles. The van der Waals surface area contributed by atoms with Crippen molar-refractivity contribution in [1.29, 1.82) is 0 Å². The van der Waals surface area contributed by atoms with Crippen LogP contribution in [0.15, 0.2) is 53.1 Å². The molecule has 0 radical (unpaired) electrons. The number of nitrogens with one attached hydrogen (secondary N) is 1. The Bertz CT molecular complexity index is 1190. The van der Waals surface area contributed by atoms with Crippen LogP contribution in [0.3, 0.4) is 0 Å². The van der Waals surface area contributed by atoms with Gasteiger partial charge in [-0.3, -0.25) is 14.5 Å². The third-order valence-electron chi connectivity index (χ3n) is 5.69. The van der Waals surface area contributed by atoms with Crippen molar-refractivity contribution in [3.63, 3.8) is 0 Å². The molecule has 1 aliphatic heterocycles. The van der Waals surface area contributed by atoms with Gasteiger partial charge in [-0.25, -0.2) is 0 Å². The summed E-state index contributed by atoms with van der Waals surface area (Å²) in [6.45, 7) is 4.73. The van der Waals surface area contributed by atoms with E-state index in [9.17, 15) is 22.8 Å². The summed E-state index contributed by atoms with van der Waals surface area (Å²) in [5, 5.41) is 6.44. The van der Waals surface area contributed by atoms with Crippen LogP contribution in [0, 0.1) is 0 Å². The van der Waals surface area contributed by atoms with E-state index in [-0.39, 0.29) is 35.6 Å². The van der Waals surface area contributed by atoms with Gasteiger partial charge in [-0.15, -0.1) is 0 Å². The van der Waals surface area contributed by atoms with E-state index in [1.54, 1.807) is 4.90 Å². The van der Waals surface area contributed by atoms with Crippen LogP contribution in [0.5, 0.6) is 0 Å². The molecule has 0 unspecified atom stereocenters. The summed E-state index contributed by atoms with van der Waals surface area (Å²) in [6.07, 6.45) is -4.45. The van der Waals surface area contributed by atoms with E-state index in [4.69, 9.17) is 4.52 Å². The predicted octanol–water partition coefficient (Wildman–Crippen LogP) is 3.20. The van der Waals surface area contributed by atoms with Gasteiger partial charge in [0.15, 0.2) is 0 Å². The maximum atomic E-state index is 13.0. The van der Waals surface area contributed by atoms with Gasteiger partial charge in [-0.1, -0.05) is 35.5 Å². The maximum absolute atomic E-state index is 13.0. The van der Waals surface area contributed by atoms with E-state index >= 15 is 0 Å². The number of hydrogen-bond acceptors (Lipinski definition) is 6. The van der Waals surface area contributed by atoms with Gasteiger partial charge in [0.2, 0.25) is 17.6 Å². The highest BCUT2D eigenvalue weighted by Gasteiger charge is 2.31. The van der Waals surface area contributed by atoms with Gasteiger partial charge < -0.3 is 14.7 Å². The lowest BCUT2D eigenvalue weighted by Gasteiger charge is -2.34. The molecule has 0 spiro atoms. The monoisotopic (exact) mass is 487 g/mol. The van der Waals surface area contributed by atoms with Crippen LogP contribution < -0.4 is 5.32 Å². The van der Waals surface area contributed by atoms with Crippen LogP contribution >= 0.6 is 0 Å². The maximum Gasteiger partial charge on any atom is 0.416 e. The number of carbonyl (C=O) groups excluding carboxylic acids is 2. The average Bonchev–Trinajstić information content (AvgIpc) is 3.33. The van der Waals surface area contributed by atoms with Crippen LogP contribution in [-0.2, 0) is 22.3 Å². The van der Waals surface area contributed by atoms with Crippen LogP contribution in [0.25, 0.3) is 22.8 Å². The standard InChI is InChI=1S/C24H24F3N5O3/c1-16(33)28-14-21(34)32-11-9-31(10-12-32)15-17-5-7-18(8-6-17)22-29-23(35-30-22)19-3-2-4-20(13-19)24(25,26)27/h2-8,13H,9-12,14-15H2,1H3,(H,28,33). The van der Waals surface area contributed by atoms with Gasteiger partial charge in [0, 0.05) is 50.8 Å². The molecular formula is C24H24F3N5O3. The third-order valence-corrected chi connectivity index (χ3v) is 5.69. The molecule has 35 heavy (non-hydrogen) atoms. The molecule has 4 rings (SSSR count). The van der Waals surface area contributed by atoms with Crippen molar-refractivity contribution in [1.82, 2.24) is 25.3 Å². The Hall–Kier alpha value is -3.73. The summed E-state index contributed by atoms with van der Waals surface area (Å²) in [4.78, 5) is 31.3. The van der Waals surface area contributed by atoms with Crippen LogP contribution in [0.1, 0.15) is 18.1 Å². The molecule has 184 valence electrons. The second-order valence-corrected chi connectivity index (χ2v) is 8.27. The number of rotatable bonds is 6. The van der Waals surface area contributed by atoms with Gasteiger partial charge >= 0.3 is 6.18 Å². The molecule has 2 heterocycles. The fraction of sp³-hybridized carbons (Fsp3) is 0.333. The van der Waals surface area contributed by atoms with E-state index in [0.717, 1.165) is 30.8 Å². The molecular weight excluding hydrogens is 463 g/mol. The fourth-order valence-electron chi connectivity index (χ4n) is 3.77. The van der Waals surface area contributed by atoms with E-state index in [1.165, 1.54) is 19.1 Å². The van der Waals surface area contributed by atoms with E-state index in [1.807, 2.05) is 24.3 Å². The number of halogens is 3. The lowest BCUT2D eigenvalue weighted by molar-refractivity contribution is -0.137. The Morgan fingerprint density at radius 3 is 2.40 bits per heavy atom. The zero-order valence-electron chi connectivity index (χ0n) is 19.0. The summed E-state index contributed by atoms with van der Waals surface area (Å²) < 4.78 is 44.1. The zero-order valence-corrected chi connectivity index (χ0v) is 19.0. The summed E-state index contributed by atoms with van der Waals surface area (Å²) in [6, 6.07) is 12.3. The number of amides is 2. The molecule has 1 aliphatic rings. The highest BCUT2D eigenvalue weighted by atomic mass is 19.4. The minimum absolute atomic E-state index is 0.0149. The molecule has 0 aliphatic carbocycles. The highest BCUT2D eigenvalue weighted by molar-refractivity contribution is 5.83. The van der Waals surface area contributed by atoms with Crippen LogP contribution in [-0.4, -0.2) is 64.5 Å². The summed E-state index contributed by atoms with van der Waals surface area (Å²) >= 11 is 0. The number of nitrogens with zero attached hydrogens (tertiary/aromatic N) is 4. The van der Waals surface area contributed by atoms with Crippen molar-refractivity contribution in [2.75, 3.05) is 32.7 Å². The largest absolute Gasteiger partial charge is 0.416 e. The Labute approximate surface area is 199 Å². The Balaban J connectivity index is 1.34. The van der Waals surface area contributed by atoms with Crippen molar-refractivity contribution < 1.29 is 27.3 Å². The molecule has 0 bridgehead atoms. The first-order valence-corrected chi connectivity index (χ1v) is 11.0. The molecule has 1 fully saturated rings. The van der Waals surface area contributed by atoms with E-state index in [2.05, 4.69) is 20.4 Å². The van der Waals surface area contributed by atoms with E-state index in [0.29, 0.717) is 25.2 Å². The van der Waals surface area contributed by atoms with E-state index < -0.39 is 11.7 Å². The Morgan fingerprint density at radius 1 is 1.03 bits per heavy atom. The van der Waals surface area contributed by atoms with Gasteiger partial charge in [0.25, 0.3) is 5.89 Å². The van der Waals surface area contributed by atoms with Crippen LogP contribution in [0.4, 0.5) is 13.2 Å². The molecule has 0 saturated carbocycles. The minimum atomic E-state index is -4.45. The second-order valence-electron chi connectivity index (χ2n) is 8.27. The lowest BCUT2D eigenvalue weighted by Crippen LogP contribution is -2.50. The van der Waals surface area contributed by atoms with Gasteiger partial charge in [0.05, 0.1) is 12.1 Å². The molecule has 0 atom stereocenters. The smallest absolute Gasteiger partial charge is 0.347 e. The van der Waals surface area contributed by atoms with Crippen molar-refractivity contribution in [3.05, 3.63) is 59.7 Å². The minimum Gasteiger partial charge on any atom is -0.347 e. The van der Waals surface area contributed by atoms with Crippen LogP contribution in [0.2, 0.25) is 0 Å². The number of alkyl halides is 3. The third kappa shape index (κ3) is 6.24. The number of hydrogen-bond donors (Lipinski definition) is 1. The number of piperazine rings is 1. The molecule has 2 amide bonds. The summed E-state index contributed by atoms with van der Waals surface area (Å²) in [5.41, 5.74) is 1.17. The fourth-order valence-corrected chi connectivity index (χ4v) is 3.77. The number of aromatic nitrogens is 2. The quantitative estimate of drug-likeness (QED) is 0.574. The number of benzene rings is 2. The van der Waals surface area contributed by atoms with Gasteiger partial charge in [-0.05, 0) is 23.8 Å². The SMILES string of the molecule is CC(=O)NCC(=O)N1CCN(Cc2ccc(-c3noc(-c4cccc(C(F)(F)F)c4)n3)cc2)CC1. The second kappa shape index (κ2) is 10.3. The van der Waals surface area contributed by atoms with Crippen molar-refractivity contribution in [2.24, 2.45) is 0 Å². The molecule has 1 N–H and O–H groups in total. The normalized spacial score (nSPS) is 14.7. The molecule has 11 heteroatoms. The summed E-state index contributed by atoms with van der Waals surface area (Å²) in [7, 11) is 0. The van der Waals surface area contributed by atoms with Gasteiger partial charge in [0.1, 0.15) is 0 Å². The van der Waals surface area contributed by atoms with Crippen molar-refractivity contribution in [2.45, 2.75) is 19.6 Å². The van der Waals surface area contributed by atoms with Gasteiger partial charge in [-0.2, -0.15) is 18.2 Å². The first-order chi connectivity index (χ1) is 16.7. The van der Waals surface area contributed by atoms with Crippen molar-refractivity contribution >= 4 is 11.8 Å².